The number of nitrogens with two attached hydrogens (primary N) is 2. The lowest BCUT2D eigenvalue weighted by molar-refractivity contribution is -0.151. The number of nitrogens with one attached hydrogen (secondary N) is 1. The first kappa shape index (κ1) is 22.3. The predicted octanol–water partition coefficient (Wildman–Crippen LogP) is 2.75. The van der Waals surface area contributed by atoms with Crippen molar-refractivity contribution in [2.24, 2.45) is 10.7 Å². The summed E-state index contributed by atoms with van der Waals surface area (Å²) in [6, 6.07) is 2.48. The topological polar surface area (TPSA) is 126 Å². The van der Waals surface area contributed by atoms with Gasteiger partial charge in [0.2, 0.25) is 0 Å². The molecule has 9 heteroatoms. The summed E-state index contributed by atoms with van der Waals surface area (Å²) in [6.07, 6.45) is 7.38. The molecule has 170 valence electrons. The van der Waals surface area contributed by atoms with Gasteiger partial charge in [0.05, 0.1) is 29.9 Å². The smallest absolute Gasteiger partial charge is 0.132 e. The van der Waals surface area contributed by atoms with E-state index in [-0.39, 0.29) is 11.3 Å². The molecule has 0 saturated carbocycles. The van der Waals surface area contributed by atoms with Gasteiger partial charge in [-0.15, -0.1) is 0 Å². The van der Waals surface area contributed by atoms with Crippen LogP contribution >= 0.6 is 0 Å². The van der Waals surface area contributed by atoms with E-state index in [2.05, 4.69) is 19.9 Å². The van der Waals surface area contributed by atoms with E-state index in [1.165, 1.54) is 18.6 Å². The molecule has 5 N–H and O–H groups in total. The minimum absolute atomic E-state index is 0.0546. The van der Waals surface area contributed by atoms with Gasteiger partial charge in [0.25, 0.3) is 0 Å². The second-order valence-electron chi connectivity index (χ2n) is 8.59. The average molecular weight is 440 g/mol. The zero-order valence-corrected chi connectivity index (χ0v) is 18.5. The number of aliphatic imine (C=N–C) groups is 1. The van der Waals surface area contributed by atoms with Gasteiger partial charge in [0.15, 0.2) is 0 Å². The summed E-state index contributed by atoms with van der Waals surface area (Å²) in [5.74, 6) is -0.277. The Morgan fingerprint density at radius 3 is 2.75 bits per heavy atom. The Kier molecular flexibility index (Phi) is 6.21. The first-order chi connectivity index (χ1) is 15.4. The Morgan fingerprint density at radius 2 is 2.09 bits per heavy atom. The maximum atomic E-state index is 14.8. The van der Waals surface area contributed by atoms with Crippen LogP contribution in [0.1, 0.15) is 53.6 Å². The van der Waals surface area contributed by atoms with Gasteiger partial charge in [-0.1, -0.05) is 0 Å². The monoisotopic (exact) mass is 439 g/mol. The van der Waals surface area contributed by atoms with Crippen LogP contribution in [0, 0.1) is 18.2 Å². The first-order valence-corrected chi connectivity index (χ1v) is 10.9. The lowest BCUT2D eigenvalue weighted by Crippen LogP contribution is -2.56. The van der Waals surface area contributed by atoms with Crippen LogP contribution in [0.25, 0.3) is 0 Å². The van der Waals surface area contributed by atoms with Crippen molar-refractivity contribution >= 4 is 23.9 Å². The number of ether oxygens (including phenoxy) is 1. The first-order valence-electron chi connectivity index (χ1n) is 10.9. The molecule has 3 atom stereocenters. The highest BCUT2D eigenvalue weighted by Crippen LogP contribution is 2.38. The van der Waals surface area contributed by atoms with Crippen LogP contribution in [0.5, 0.6) is 0 Å². The van der Waals surface area contributed by atoms with Crippen molar-refractivity contribution in [2.75, 3.05) is 37.4 Å². The summed E-state index contributed by atoms with van der Waals surface area (Å²) in [7, 11) is 1.59. The van der Waals surface area contributed by atoms with Crippen molar-refractivity contribution < 1.29 is 9.13 Å². The minimum atomic E-state index is -0.667. The third-order valence-electron chi connectivity index (χ3n) is 6.61. The van der Waals surface area contributed by atoms with E-state index >= 15 is 0 Å². The minimum Gasteiger partial charge on any atom is -0.398 e. The second-order valence-corrected chi connectivity index (χ2v) is 8.59. The van der Waals surface area contributed by atoms with Crippen molar-refractivity contribution in [3.8, 4) is 0 Å². The molecule has 3 unspecified atom stereocenters. The molecule has 4 rings (SSSR count). The van der Waals surface area contributed by atoms with Crippen molar-refractivity contribution in [2.45, 2.75) is 43.7 Å². The summed E-state index contributed by atoms with van der Waals surface area (Å²) < 4.78 is 20.7. The molecule has 2 aromatic rings. The van der Waals surface area contributed by atoms with E-state index in [0.29, 0.717) is 22.4 Å². The van der Waals surface area contributed by atoms with Crippen LogP contribution in [0.4, 0.5) is 15.9 Å². The largest absolute Gasteiger partial charge is 0.398 e. The van der Waals surface area contributed by atoms with Crippen LogP contribution in [-0.4, -0.2) is 54.7 Å². The fraction of sp³-hybridized carbons (Fsp3) is 0.478. The molecular formula is C23H30FN7O. The van der Waals surface area contributed by atoms with E-state index in [9.17, 15) is 4.39 Å². The summed E-state index contributed by atoms with van der Waals surface area (Å²) in [5, 5.41) is 7.70. The van der Waals surface area contributed by atoms with Crippen LogP contribution in [0.3, 0.4) is 0 Å². The standard InChI is InChI=1S/C23H30FN7O/c1-14-20(15(10-25)11-28-2)16(24)8-17(26)21(14)22(27)18-9-19(30-13-29-18)31-6-3-4-23(12-31)5-7-32-23/h8-11,13,15,22,25H,3-7,12,26-27H2,1-2H3. The number of nitrogens with zero attached hydrogens (tertiary/aromatic N) is 4. The molecule has 3 heterocycles. The quantitative estimate of drug-likeness (QED) is 0.469. The number of anilines is 2. The van der Waals surface area contributed by atoms with Crippen LogP contribution < -0.4 is 16.4 Å². The number of halogens is 1. The Balaban J connectivity index is 1.68. The van der Waals surface area contributed by atoms with Crippen LogP contribution in [0.15, 0.2) is 23.5 Å². The molecule has 0 radical (unpaired) electrons. The fourth-order valence-corrected chi connectivity index (χ4v) is 4.87. The summed E-state index contributed by atoms with van der Waals surface area (Å²) in [6.45, 7) is 4.29. The number of hydrogen-bond donors (Lipinski definition) is 3. The molecule has 2 aliphatic rings. The average Bonchev–Trinajstić information content (AvgIpc) is 2.77. The van der Waals surface area contributed by atoms with Gasteiger partial charge in [-0.2, -0.15) is 0 Å². The number of aromatic nitrogens is 2. The maximum Gasteiger partial charge on any atom is 0.132 e. The molecule has 2 saturated heterocycles. The van der Waals surface area contributed by atoms with Gasteiger partial charge in [-0.05, 0) is 31.4 Å². The van der Waals surface area contributed by atoms with Gasteiger partial charge >= 0.3 is 0 Å². The van der Waals surface area contributed by atoms with Crippen molar-refractivity contribution in [1.29, 1.82) is 5.41 Å². The molecule has 1 aromatic carbocycles. The summed E-state index contributed by atoms with van der Waals surface area (Å²) in [5.41, 5.74) is 15.2. The number of hydrogen-bond acceptors (Lipinski definition) is 8. The van der Waals surface area contributed by atoms with Gasteiger partial charge in [-0.3, -0.25) is 4.99 Å². The van der Waals surface area contributed by atoms with E-state index in [1.54, 1.807) is 14.0 Å². The molecule has 0 aliphatic carbocycles. The SMILES string of the molecule is CN=CC(C=N)c1c(F)cc(N)c(C(N)c2cc(N3CCCC4(CCO4)C3)ncn2)c1C. The molecule has 1 spiro atoms. The lowest BCUT2D eigenvalue weighted by Gasteiger charge is -2.48. The lowest BCUT2D eigenvalue weighted by atomic mass is 9.86. The molecular weight excluding hydrogens is 409 g/mol. The van der Waals surface area contributed by atoms with E-state index in [1.807, 2.05) is 6.07 Å². The zero-order chi connectivity index (χ0) is 22.9. The van der Waals surface area contributed by atoms with E-state index in [4.69, 9.17) is 21.6 Å². The molecule has 2 aliphatic heterocycles. The van der Waals surface area contributed by atoms with E-state index < -0.39 is 17.8 Å². The van der Waals surface area contributed by atoms with Crippen molar-refractivity contribution in [3.63, 3.8) is 0 Å². The molecule has 2 fully saturated rings. The third kappa shape index (κ3) is 3.98. The van der Waals surface area contributed by atoms with Crippen molar-refractivity contribution in [3.05, 3.63) is 46.7 Å². The molecule has 1 aromatic heterocycles. The Bertz CT molecular complexity index is 1040. The van der Waals surface area contributed by atoms with Crippen LogP contribution in [0.2, 0.25) is 0 Å². The predicted molar refractivity (Wildman–Crippen MR) is 124 cm³/mol. The third-order valence-corrected chi connectivity index (χ3v) is 6.61. The molecule has 32 heavy (non-hydrogen) atoms. The van der Waals surface area contributed by atoms with Gasteiger partial charge in [0.1, 0.15) is 18.0 Å². The summed E-state index contributed by atoms with van der Waals surface area (Å²) >= 11 is 0. The van der Waals surface area contributed by atoms with Crippen molar-refractivity contribution in [1.82, 2.24) is 9.97 Å². The Hall–Kier alpha value is -2.91. The maximum absolute atomic E-state index is 14.8. The zero-order valence-electron chi connectivity index (χ0n) is 18.5. The number of benzene rings is 1. The van der Waals surface area contributed by atoms with Gasteiger partial charge in [-0.25, -0.2) is 14.4 Å². The fourth-order valence-electron chi connectivity index (χ4n) is 4.87. The highest BCUT2D eigenvalue weighted by atomic mass is 19.1. The second kappa shape index (κ2) is 8.91. The number of nitrogen functional groups attached to an aromatic ring is 1. The Labute approximate surface area is 187 Å². The number of rotatable bonds is 6. The van der Waals surface area contributed by atoms with E-state index in [0.717, 1.165) is 51.0 Å². The highest BCUT2D eigenvalue weighted by molar-refractivity contribution is 5.90. The molecule has 8 nitrogen and oxygen atoms in total. The van der Waals surface area contributed by atoms with Crippen LogP contribution in [-0.2, 0) is 4.74 Å². The molecule has 0 bridgehead atoms. The number of piperidine rings is 1. The van der Waals surface area contributed by atoms with Gasteiger partial charge < -0.3 is 26.5 Å². The summed E-state index contributed by atoms with van der Waals surface area (Å²) in [4.78, 5) is 15.1. The Morgan fingerprint density at radius 1 is 1.31 bits per heavy atom. The molecule has 0 amide bonds. The normalized spacial score (nSPS) is 22.7. The van der Waals surface area contributed by atoms with Gasteiger partial charge in [0, 0.05) is 61.9 Å². The highest BCUT2D eigenvalue weighted by Gasteiger charge is 2.42.